The molecule has 0 bridgehead atoms. The highest BCUT2D eigenvalue weighted by atomic mass is 32.1. The first-order chi connectivity index (χ1) is 9.42. The molecule has 0 spiro atoms. The van der Waals surface area contributed by atoms with E-state index in [1.54, 1.807) is 23.3 Å². The third-order valence-corrected chi connectivity index (χ3v) is 4.19. The van der Waals surface area contributed by atoms with Gasteiger partial charge in [-0.3, -0.25) is 4.79 Å². The smallest absolute Gasteiger partial charge is 0.244 e. The molecule has 1 unspecified atom stereocenters. The van der Waals surface area contributed by atoms with Crippen molar-refractivity contribution < 1.29 is 4.79 Å². The molecule has 5 nitrogen and oxygen atoms in total. The van der Waals surface area contributed by atoms with Crippen LogP contribution >= 0.6 is 11.3 Å². The second-order valence-corrected chi connectivity index (χ2v) is 6.09. The molecule has 1 amide bonds. The number of carbonyl (C=O) groups is 1. The average molecular weight is 292 g/mol. The van der Waals surface area contributed by atoms with Crippen LogP contribution in [0.2, 0.25) is 0 Å². The maximum absolute atomic E-state index is 12.1. The number of amides is 1. The Morgan fingerprint density at radius 2 is 2.25 bits per heavy atom. The van der Waals surface area contributed by atoms with Gasteiger partial charge in [-0.15, -0.1) is 11.3 Å². The van der Waals surface area contributed by atoms with Crippen LogP contribution in [-0.2, 0) is 4.79 Å². The van der Waals surface area contributed by atoms with Gasteiger partial charge < -0.3 is 16.0 Å². The van der Waals surface area contributed by atoms with Gasteiger partial charge in [0.25, 0.3) is 0 Å². The molecule has 20 heavy (non-hydrogen) atoms. The Labute approximate surface area is 122 Å². The van der Waals surface area contributed by atoms with Crippen molar-refractivity contribution in [2.24, 2.45) is 0 Å². The minimum Gasteiger partial charge on any atom is -0.397 e. The molecule has 2 aromatic rings. The molecule has 108 valence electrons. The van der Waals surface area contributed by atoms with Gasteiger partial charge in [0.05, 0.1) is 26.6 Å². The molecule has 0 aliphatic rings. The number of anilines is 2. The van der Waals surface area contributed by atoms with Crippen LogP contribution in [0.5, 0.6) is 0 Å². The van der Waals surface area contributed by atoms with Gasteiger partial charge >= 0.3 is 0 Å². The quantitative estimate of drug-likeness (QED) is 0.849. The fraction of sp³-hybridized carbons (Fsp3) is 0.429. The molecule has 0 saturated heterocycles. The topological polar surface area (TPSA) is 71.2 Å². The fourth-order valence-corrected chi connectivity index (χ4v) is 2.87. The number of likely N-dealkylation sites (N-methyl/N-ethyl adjacent to an activating group) is 1. The van der Waals surface area contributed by atoms with Crippen LogP contribution in [0.25, 0.3) is 10.2 Å². The molecule has 0 aliphatic heterocycles. The molecule has 3 N–H and O–H groups in total. The van der Waals surface area contributed by atoms with Crippen molar-refractivity contribution in [2.45, 2.75) is 26.8 Å². The lowest BCUT2D eigenvalue weighted by atomic mass is 10.2. The summed E-state index contributed by atoms with van der Waals surface area (Å²) < 4.78 is 1.07. The first kappa shape index (κ1) is 14.6. The Kier molecular flexibility index (Phi) is 4.13. The lowest BCUT2D eigenvalue weighted by molar-refractivity contribution is -0.130. The molecule has 1 heterocycles. The van der Waals surface area contributed by atoms with Crippen LogP contribution in [0, 0.1) is 6.92 Å². The summed E-state index contributed by atoms with van der Waals surface area (Å²) in [6.45, 7) is 6.44. The van der Waals surface area contributed by atoms with Crippen LogP contribution in [0.3, 0.4) is 0 Å². The number of nitrogens with one attached hydrogen (secondary N) is 1. The third kappa shape index (κ3) is 2.85. The van der Waals surface area contributed by atoms with Crippen molar-refractivity contribution in [3.8, 4) is 0 Å². The number of thiazole rings is 1. The molecular weight excluding hydrogens is 272 g/mol. The van der Waals surface area contributed by atoms with E-state index in [0.29, 0.717) is 12.2 Å². The first-order valence-electron chi connectivity index (χ1n) is 6.60. The second-order valence-electron chi connectivity index (χ2n) is 4.86. The first-order valence-corrected chi connectivity index (χ1v) is 7.42. The third-order valence-electron chi connectivity index (χ3n) is 3.26. The van der Waals surface area contributed by atoms with Crippen molar-refractivity contribution in [1.82, 2.24) is 9.88 Å². The van der Waals surface area contributed by atoms with Gasteiger partial charge in [0.1, 0.15) is 6.04 Å². The van der Waals surface area contributed by atoms with Gasteiger partial charge in [-0.2, -0.15) is 0 Å². The van der Waals surface area contributed by atoms with Gasteiger partial charge in [0, 0.05) is 13.6 Å². The number of carbonyl (C=O) groups excluding carboxylic acids is 1. The molecule has 0 aliphatic carbocycles. The van der Waals surface area contributed by atoms with Gasteiger partial charge in [-0.05, 0) is 32.9 Å². The van der Waals surface area contributed by atoms with E-state index in [-0.39, 0.29) is 11.9 Å². The van der Waals surface area contributed by atoms with Crippen LogP contribution in [0.1, 0.15) is 18.9 Å². The molecule has 6 heteroatoms. The Bertz CT molecular complexity index is 637. The molecule has 2 rings (SSSR count). The average Bonchev–Trinajstić information content (AvgIpc) is 2.76. The lowest BCUT2D eigenvalue weighted by Gasteiger charge is -2.22. The highest BCUT2D eigenvalue weighted by Crippen LogP contribution is 2.30. The Morgan fingerprint density at radius 1 is 1.55 bits per heavy atom. The molecule has 0 fully saturated rings. The van der Waals surface area contributed by atoms with Crippen molar-refractivity contribution in [3.05, 3.63) is 17.1 Å². The summed E-state index contributed by atoms with van der Waals surface area (Å²) in [4.78, 5) is 18.2. The lowest BCUT2D eigenvalue weighted by Crippen LogP contribution is -2.38. The van der Waals surface area contributed by atoms with E-state index in [2.05, 4.69) is 10.3 Å². The number of nitrogens with zero attached hydrogens (tertiary/aromatic N) is 2. The van der Waals surface area contributed by atoms with Crippen LogP contribution in [0.15, 0.2) is 12.1 Å². The fourth-order valence-electron chi connectivity index (χ4n) is 2.01. The summed E-state index contributed by atoms with van der Waals surface area (Å²) in [5, 5.41) is 4.18. The summed E-state index contributed by atoms with van der Waals surface area (Å²) >= 11 is 1.61. The summed E-state index contributed by atoms with van der Waals surface area (Å²) in [5.74, 6) is 0.0430. The van der Waals surface area contributed by atoms with E-state index in [1.165, 1.54) is 0 Å². The zero-order valence-electron chi connectivity index (χ0n) is 12.2. The standard InChI is InChI=1S/C14H20N4OS/c1-5-18(4)14(19)8(2)16-11-7-12-13(6-10(11)15)20-9(3)17-12/h6-8,16H,5,15H2,1-4H3. The monoisotopic (exact) mass is 292 g/mol. The van der Waals surface area contributed by atoms with Crippen molar-refractivity contribution in [1.29, 1.82) is 0 Å². The number of hydrogen-bond acceptors (Lipinski definition) is 5. The maximum Gasteiger partial charge on any atom is 0.244 e. The van der Waals surface area contributed by atoms with E-state index in [4.69, 9.17) is 5.73 Å². The number of aromatic nitrogens is 1. The van der Waals surface area contributed by atoms with E-state index in [1.807, 2.05) is 32.9 Å². The van der Waals surface area contributed by atoms with Crippen LogP contribution in [-0.4, -0.2) is 35.4 Å². The number of aryl methyl sites for hydroxylation is 1. The van der Waals surface area contributed by atoms with E-state index in [9.17, 15) is 4.79 Å². The SMILES string of the molecule is CCN(C)C(=O)C(C)Nc1cc2nc(C)sc2cc1N. The molecular formula is C14H20N4OS. The van der Waals surface area contributed by atoms with E-state index in [0.717, 1.165) is 20.9 Å². The highest BCUT2D eigenvalue weighted by Gasteiger charge is 2.17. The number of nitrogen functional groups attached to an aromatic ring is 1. The predicted octanol–water partition coefficient (Wildman–Crippen LogP) is 2.47. The van der Waals surface area contributed by atoms with E-state index < -0.39 is 0 Å². The predicted molar refractivity (Wildman–Crippen MR) is 85.2 cm³/mol. The Hall–Kier alpha value is -1.82. The number of benzene rings is 1. The van der Waals surface area contributed by atoms with Gasteiger partial charge in [0.2, 0.25) is 5.91 Å². The van der Waals surface area contributed by atoms with Crippen molar-refractivity contribution in [3.63, 3.8) is 0 Å². The van der Waals surface area contributed by atoms with Crippen LogP contribution < -0.4 is 11.1 Å². The number of hydrogen-bond donors (Lipinski definition) is 2. The summed E-state index contributed by atoms with van der Waals surface area (Å²) in [5.41, 5.74) is 8.35. The molecule has 0 saturated carbocycles. The van der Waals surface area contributed by atoms with Crippen molar-refractivity contribution >= 4 is 38.8 Å². The maximum atomic E-state index is 12.1. The minimum atomic E-state index is -0.320. The Balaban J connectivity index is 2.24. The zero-order chi connectivity index (χ0) is 14.9. The summed E-state index contributed by atoms with van der Waals surface area (Å²) in [6.07, 6.45) is 0. The zero-order valence-corrected chi connectivity index (χ0v) is 13.0. The van der Waals surface area contributed by atoms with E-state index >= 15 is 0 Å². The molecule has 1 aromatic heterocycles. The minimum absolute atomic E-state index is 0.0430. The normalized spacial score (nSPS) is 12.4. The van der Waals surface area contributed by atoms with Gasteiger partial charge in [-0.1, -0.05) is 0 Å². The van der Waals surface area contributed by atoms with Gasteiger partial charge in [0.15, 0.2) is 0 Å². The molecule has 1 atom stereocenters. The summed E-state index contributed by atoms with van der Waals surface area (Å²) in [7, 11) is 1.79. The second kappa shape index (κ2) is 5.66. The number of nitrogens with two attached hydrogens (primary N) is 1. The number of rotatable bonds is 4. The summed E-state index contributed by atoms with van der Waals surface area (Å²) in [6, 6.07) is 3.49. The Morgan fingerprint density at radius 3 is 2.90 bits per heavy atom. The highest BCUT2D eigenvalue weighted by molar-refractivity contribution is 7.18. The molecule has 1 aromatic carbocycles. The van der Waals surface area contributed by atoms with Crippen molar-refractivity contribution in [2.75, 3.05) is 24.6 Å². The number of fused-ring (bicyclic) bond motifs is 1. The largest absolute Gasteiger partial charge is 0.397 e. The van der Waals surface area contributed by atoms with Crippen LogP contribution in [0.4, 0.5) is 11.4 Å². The van der Waals surface area contributed by atoms with Gasteiger partial charge in [-0.25, -0.2) is 4.98 Å². The molecule has 0 radical (unpaired) electrons.